The maximum atomic E-state index is 13.9. The van der Waals surface area contributed by atoms with Gasteiger partial charge in [0.05, 0.1) is 5.56 Å². The van der Waals surface area contributed by atoms with Gasteiger partial charge in [-0.25, -0.2) is 13.8 Å². The molecule has 0 unspecified atom stereocenters. The monoisotopic (exact) mass is 456 g/mol. The number of anilines is 1. The van der Waals surface area contributed by atoms with E-state index in [4.69, 9.17) is 16.3 Å². The van der Waals surface area contributed by atoms with Gasteiger partial charge in [-0.05, 0) is 42.5 Å². The largest absolute Gasteiger partial charge is 0.488 e. The highest BCUT2D eigenvalue weighted by atomic mass is 35.5. The SMILES string of the molecule is O=C(Nc1cccc(Cl)c1)c1csc(-c2ccccc2OCc2ccc(F)cc2F)n1. The summed E-state index contributed by atoms with van der Waals surface area (Å²) in [6.07, 6.45) is 0. The summed E-state index contributed by atoms with van der Waals surface area (Å²) in [7, 11) is 0. The second-order valence-electron chi connectivity index (χ2n) is 6.52. The molecule has 8 heteroatoms. The summed E-state index contributed by atoms with van der Waals surface area (Å²) >= 11 is 7.23. The fourth-order valence-electron chi connectivity index (χ4n) is 2.83. The lowest BCUT2D eigenvalue weighted by Crippen LogP contribution is -2.12. The summed E-state index contributed by atoms with van der Waals surface area (Å²) in [5.74, 6) is -1.21. The van der Waals surface area contributed by atoms with Gasteiger partial charge in [0.2, 0.25) is 0 Å². The Morgan fingerprint density at radius 1 is 1.06 bits per heavy atom. The number of ether oxygens (including phenoxy) is 1. The molecule has 0 aliphatic heterocycles. The standard InChI is InChI=1S/C23H15ClF2N2O2S/c24-15-4-3-5-17(10-15)27-22(29)20-13-31-23(28-20)18-6-1-2-7-21(18)30-12-14-8-9-16(25)11-19(14)26/h1-11,13H,12H2,(H,27,29). The van der Waals surface area contributed by atoms with Crippen LogP contribution < -0.4 is 10.1 Å². The number of hydrogen-bond acceptors (Lipinski definition) is 4. The molecule has 0 bridgehead atoms. The molecule has 0 aliphatic rings. The van der Waals surface area contributed by atoms with Gasteiger partial charge in [0.15, 0.2) is 0 Å². The van der Waals surface area contributed by atoms with Crippen LogP contribution in [0.15, 0.2) is 72.1 Å². The fourth-order valence-corrected chi connectivity index (χ4v) is 3.85. The van der Waals surface area contributed by atoms with Crippen molar-refractivity contribution in [3.8, 4) is 16.3 Å². The Hall–Kier alpha value is -3.29. The molecule has 1 heterocycles. The first-order chi connectivity index (χ1) is 15.0. The van der Waals surface area contributed by atoms with Crippen LogP contribution in [0.1, 0.15) is 16.1 Å². The molecule has 0 saturated carbocycles. The van der Waals surface area contributed by atoms with E-state index in [9.17, 15) is 13.6 Å². The van der Waals surface area contributed by atoms with Crippen LogP contribution in [0.25, 0.3) is 10.6 Å². The van der Waals surface area contributed by atoms with Crippen molar-refractivity contribution in [2.24, 2.45) is 0 Å². The number of carbonyl (C=O) groups is 1. The number of carbonyl (C=O) groups excluding carboxylic acids is 1. The van der Waals surface area contributed by atoms with Crippen LogP contribution in [0.4, 0.5) is 14.5 Å². The molecule has 1 N–H and O–H groups in total. The molecule has 0 atom stereocenters. The third-order valence-electron chi connectivity index (χ3n) is 4.34. The van der Waals surface area contributed by atoms with Gasteiger partial charge in [0.25, 0.3) is 5.91 Å². The molecule has 3 aromatic carbocycles. The van der Waals surface area contributed by atoms with Crippen molar-refractivity contribution in [1.29, 1.82) is 0 Å². The van der Waals surface area contributed by atoms with E-state index in [2.05, 4.69) is 10.3 Å². The molecule has 1 aromatic heterocycles. The number of nitrogens with one attached hydrogen (secondary N) is 1. The fraction of sp³-hybridized carbons (Fsp3) is 0.0435. The zero-order chi connectivity index (χ0) is 21.8. The van der Waals surface area contributed by atoms with Crippen molar-refractivity contribution in [2.75, 3.05) is 5.32 Å². The smallest absolute Gasteiger partial charge is 0.275 e. The van der Waals surface area contributed by atoms with Crippen LogP contribution in [0.2, 0.25) is 5.02 Å². The molecule has 4 aromatic rings. The number of rotatable bonds is 6. The van der Waals surface area contributed by atoms with E-state index >= 15 is 0 Å². The van der Waals surface area contributed by atoms with Crippen molar-refractivity contribution in [2.45, 2.75) is 6.61 Å². The quantitative estimate of drug-likeness (QED) is 0.357. The first kappa shape index (κ1) is 21.0. The van der Waals surface area contributed by atoms with Crippen molar-refractivity contribution < 1.29 is 18.3 Å². The van der Waals surface area contributed by atoms with E-state index in [1.807, 2.05) is 6.07 Å². The molecule has 0 saturated heterocycles. The van der Waals surface area contributed by atoms with Gasteiger partial charge in [-0.1, -0.05) is 29.8 Å². The maximum absolute atomic E-state index is 13.9. The molecule has 0 fully saturated rings. The number of thiazole rings is 1. The lowest BCUT2D eigenvalue weighted by molar-refractivity contribution is 0.102. The Balaban J connectivity index is 1.51. The molecule has 4 rings (SSSR count). The maximum Gasteiger partial charge on any atom is 0.275 e. The number of amides is 1. The van der Waals surface area contributed by atoms with E-state index in [1.54, 1.807) is 47.8 Å². The second kappa shape index (κ2) is 9.24. The van der Waals surface area contributed by atoms with Crippen molar-refractivity contribution >= 4 is 34.5 Å². The topological polar surface area (TPSA) is 51.2 Å². The number of benzene rings is 3. The number of halogens is 3. The third-order valence-corrected chi connectivity index (χ3v) is 5.45. The second-order valence-corrected chi connectivity index (χ2v) is 7.82. The van der Waals surface area contributed by atoms with E-state index < -0.39 is 11.6 Å². The van der Waals surface area contributed by atoms with Crippen molar-refractivity contribution in [3.63, 3.8) is 0 Å². The Morgan fingerprint density at radius 3 is 2.71 bits per heavy atom. The van der Waals surface area contributed by atoms with Crippen molar-refractivity contribution in [1.82, 2.24) is 4.98 Å². The lowest BCUT2D eigenvalue weighted by atomic mass is 10.2. The van der Waals surface area contributed by atoms with E-state index in [-0.39, 0.29) is 23.8 Å². The van der Waals surface area contributed by atoms with Crippen LogP contribution in [-0.2, 0) is 6.61 Å². The summed E-state index contributed by atoms with van der Waals surface area (Å²) < 4.78 is 32.7. The Kier molecular flexibility index (Phi) is 6.25. The average molecular weight is 457 g/mol. The first-order valence-electron chi connectivity index (χ1n) is 9.18. The van der Waals surface area contributed by atoms with Crippen LogP contribution in [0.5, 0.6) is 5.75 Å². The van der Waals surface area contributed by atoms with Crippen LogP contribution >= 0.6 is 22.9 Å². The van der Waals surface area contributed by atoms with Gasteiger partial charge in [-0.15, -0.1) is 11.3 Å². The van der Waals surface area contributed by atoms with Crippen LogP contribution in [0, 0.1) is 11.6 Å². The van der Waals surface area contributed by atoms with E-state index in [0.717, 1.165) is 6.07 Å². The van der Waals surface area contributed by atoms with E-state index in [1.165, 1.54) is 23.5 Å². The molecule has 4 nitrogen and oxygen atoms in total. The summed E-state index contributed by atoms with van der Waals surface area (Å²) in [6.45, 7) is -0.0728. The van der Waals surface area contributed by atoms with Gasteiger partial charge >= 0.3 is 0 Å². The Morgan fingerprint density at radius 2 is 1.90 bits per heavy atom. The number of para-hydroxylation sites is 1. The van der Waals surface area contributed by atoms with Crippen LogP contribution in [-0.4, -0.2) is 10.9 Å². The van der Waals surface area contributed by atoms with Crippen molar-refractivity contribution in [3.05, 3.63) is 100 Å². The van der Waals surface area contributed by atoms with Crippen LogP contribution in [0.3, 0.4) is 0 Å². The normalized spacial score (nSPS) is 10.7. The van der Waals surface area contributed by atoms with Gasteiger partial charge < -0.3 is 10.1 Å². The summed E-state index contributed by atoms with van der Waals surface area (Å²) in [6, 6.07) is 17.3. The highest BCUT2D eigenvalue weighted by molar-refractivity contribution is 7.13. The molecule has 31 heavy (non-hydrogen) atoms. The number of nitrogens with zero attached hydrogens (tertiary/aromatic N) is 1. The van der Waals surface area contributed by atoms with Gasteiger partial charge in [-0.3, -0.25) is 4.79 Å². The highest BCUT2D eigenvalue weighted by Gasteiger charge is 2.15. The Labute approximate surface area is 186 Å². The zero-order valence-electron chi connectivity index (χ0n) is 15.9. The van der Waals surface area contributed by atoms with E-state index in [0.29, 0.717) is 27.0 Å². The number of aromatic nitrogens is 1. The predicted molar refractivity (Wildman–Crippen MR) is 118 cm³/mol. The zero-order valence-corrected chi connectivity index (χ0v) is 17.5. The van der Waals surface area contributed by atoms with Gasteiger partial charge in [0, 0.05) is 27.7 Å². The lowest BCUT2D eigenvalue weighted by Gasteiger charge is -2.10. The minimum atomic E-state index is -0.674. The Bertz CT molecular complexity index is 1250. The molecule has 0 spiro atoms. The number of hydrogen-bond donors (Lipinski definition) is 1. The van der Waals surface area contributed by atoms with Gasteiger partial charge in [-0.2, -0.15) is 0 Å². The minimum absolute atomic E-state index is 0.0728. The molecule has 0 aliphatic carbocycles. The predicted octanol–water partition coefficient (Wildman–Crippen LogP) is 6.57. The molecule has 156 valence electrons. The average Bonchev–Trinajstić information content (AvgIpc) is 3.24. The first-order valence-corrected chi connectivity index (χ1v) is 10.4. The molecule has 1 amide bonds. The third kappa shape index (κ3) is 5.07. The summed E-state index contributed by atoms with van der Waals surface area (Å²) in [4.78, 5) is 16.9. The molecular formula is C23H15ClF2N2O2S. The summed E-state index contributed by atoms with van der Waals surface area (Å²) in [5, 5.41) is 5.49. The summed E-state index contributed by atoms with van der Waals surface area (Å²) in [5.41, 5.74) is 1.71. The van der Waals surface area contributed by atoms with Gasteiger partial charge in [0.1, 0.15) is 34.7 Å². The highest BCUT2D eigenvalue weighted by Crippen LogP contribution is 2.33. The molecule has 0 radical (unpaired) electrons. The molecular weight excluding hydrogens is 442 g/mol. The minimum Gasteiger partial charge on any atom is -0.488 e.